The minimum Gasteiger partial charge on any atom is -0.468 e. The van der Waals surface area contributed by atoms with Crippen LogP contribution >= 0.6 is 0 Å². The molecule has 0 fully saturated rings. The van der Waals surface area contributed by atoms with Crippen LogP contribution in [-0.2, 0) is 14.3 Å². The quantitative estimate of drug-likeness (QED) is 0.736. The molecule has 0 bridgehead atoms. The summed E-state index contributed by atoms with van der Waals surface area (Å²) in [7, 11) is 1.30. The van der Waals surface area contributed by atoms with Crippen LogP contribution < -0.4 is 5.32 Å². The molecule has 0 heterocycles. The van der Waals surface area contributed by atoms with Crippen molar-refractivity contribution in [2.75, 3.05) is 13.7 Å². The highest BCUT2D eigenvalue weighted by Crippen LogP contribution is 2.34. The van der Waals surface area contributed by atoms with E-state index in [0.717, 1.165) is 0 Å². The first-order chi connectivity index (χ1) is 7.95. The summed E-state index contributed by atoms with van der Waals surface area (Å²) in [5.41, 5.74) is -0.149. The Bertz CT molecular complexity index is 344. The number of hydrogen-bond donors (Lipinski definition) is 1. The molecule has 4 heteroatoms. The lowest BCUT2D eigenvalue weighted by molar-refractivity contribution is -0.141. The summed E-state index contributed by atoms with van der Waals surface area (Å²) in [6.07, 6.45) is 8.50. The molecule has 0 aromatic heterocycles. The molecule has 0 aliphatic heterocycles. The second-order valence-electron chi connectivity index (χ2n) is 4.81. The molecule has 0 saturated heterocycles. The van der Waals surface area contributed by atoms with Gasteiger partial charge in [-0.3, -0.25) is 9.59 Å². The van der Waals surface area contributed by atoms with Gasteiger partial charge in [0.2, 0.25) is 5.91 Å². The number of amides is 1. The Balaban J connectivity index is 2.42. The van der Waals surface area contributed by atoms with Crippen molar-refractivity contribution < 1.29 is 14.3 Å². The van der Waals surface area contributed by atoms with Gasteiger partial charge in [0.15, 0.2) is 0 Å². The van der Waals surface area contributed by atoms with Gasteiger partial charge in [0.25, 0.3) is 0 Å². The number of methoxy groups -OCH3 is 1. The van der Waals surface area contributed by atoms with Gasteiger partial charge in [0.05, 0.1) is 7.11 Å². The van der Waals surface area contributed by atoms with Gasteiger partial charge in [0.1, 0.15) is 6.54 Å². The predicted molar refractivity (Wildman–Crippen MR) is 65.2 cm³/mol. The molecule has 0 radical (unpaired) electrons. The van der Waals surface area contributed by atoms with Gasteiger partial charge in [-0.25, -0.2) is 0 Å². The molecule has 4 nitrogen and oxygen atoms in total. The molecule has 0 spiro atoms. The fourth-order valence-corrected chi connectivity index (χ4v) is 1.79. The van der Waals surface area contributed by atoms with E-state index in [0.29, 0.717) is 6.42 Å². The highest BCUT2D eigenvalue weighted by atomic mass is 16.5. The van der Waals surface area contributed by atoms with Crippen molar-refractivity contribution in [2.45, 2.75) is 20.3 Å². The van der Waals surface area contributed by atoms with Crippen molar-refractivity contribution in [3.05, 3.63) is 24.3 Å². The Hall–Kier alpha value is -1.58. The molecule has 1 aliphatic carbocycles. The summed E-state index contributed by atoms with van der Waals surface area (Å²) in [4.78, 5) is 22.5. The first-order valence-electron chi connectivity index (χ1n) is 5.64. The molecule has 1 N–H and O–H groups in total. The lowest BCUT2D eigenvalue weighted by Crippen LogP contribution is -2.35. The minimum atomic E-state index is -0.434. The van der Waals surface area contributed by atoms with Crippen LogP contribution in [0.3, 0.4) is 0 Å². The molecular formula is C13H19NO3. The number of esters is 1. The summed E-state index contributed by atoms with van der Waals surface area (Å²) in [6, 6.07) is 0. The van der Waals surface area contributed by atoms with Crippen LogP contribution in [0.25, 0.3) is 0 Å². The van der Waals surface area contributed by atoms with Crippen LogP contribution in [0.1, 0.15) is 20.3 Å². The molecule has 0 saturated carbocycles. The molecule has 94 valence electrons. The Kier molecular flexibility index (Phi) is 4.49. The summed E-state index contributed by atoms with van der Waals surface area (Å²) < 4.78 is 4.45. The molecule has 0 unspecified atom stereocenters. The molecule has 0 aromatic rings. The van der Waals surface area contributed by atoms with E-state index >= 15 is 0 Å². The predicted octanol–water partition coefficient (Wildman–Crippen LogP) is 1.43. The zero-order valence-corrected chi connectivity index (χ0v) is 10.5. The van der Waals surface area contributed by atoms with Crippen molar-refractivity contribution in [3.63, 3.8) is 0 Å². The maximum absolute atomic E-state index is 11.7. The number of carbonyl (C=O) groups excluding carboxylic acids is 2. The second kappa shape index (κ2) is 5.66. The van der Waals surface area contributed by atoms with E-state index in [1.54, 1.807) is 0 Å². The monoisotopic (exact) mass is 237 g/mol. The van der Waals surface area contributed by atoms with Gasteiger partial charge in [-0.05, 0) is 5.41 Å². The Morgan fingerprint density at radius 3 is 2.41 bits per heavy atom. The van der Waals surface area contributed by atoms with Gasteiger partial charge < -0.3 is 10.1 Å². The number of hydrogen-bond acceptors (Lipinski definition) is 3. The zero-order chi connectivity index (χ0) is 12.9. The molecule has 0 atom stereocenters. The van der Waals surface area contributed by atoms with Crippen LogP contribution in [0.2, 0.25) is 0 Å². The molecule has 1 amide bonds. The van der Waals surface area contributed by atoms with E-state index < -0.39 is 5.97 Å². The van der Waals surface area contributed by atoms with Crippen molar-refractivity contribution in [1.82, 2.24) is 5.32 Å². The topological polar surface area (TPSA) is 55.4 Å². The van der Waals surface area contributed by atoms with E-state index in [1.165, 1.54) is 7.11 Å². The van der Waals surface area contributed by atoms with Crippen LogP contribution in [0.4, 0.5) is 0 Å². The first kappa shape index (κ1) is 13.5. The summed E-state index contributed by atoms with van der Waals surface area (Å²) in [5, 5.41) is 2.55. The van der Waals surface area contributed by atoms with E-state index in [2.05, 4.69) is 22.2 Å². The van der Waals surface area contributed by atoms with E-state index in [-0.39, 0.29) is 23.8 Å². The van der Waals surface area contributed by atoms with E-state index in [9.17, 15) is 9.59 Å². The van der Waals surface area contributed by atoms with Gasteiger partial charge in [0, 0.05) is 12.3 Å². The minimum absolute atomic E-state index is 0.0677. The normalized spacial score (nSPS) is 15.0. The summed E-state index contributed by atoms with van der Waals surface area (Å²) in [5.74, 6) is -0.294. The SMILES string of the molecule is COC(=O)CNC(=O)CC(C)(C)C1C=CC=C1. The zero-order valence-electron chi connectivity index (χ0n) is 10.5. The lowest BCUT2D eigenvalue weighted by atomic mass is 9.77. The smallest absolute Gasteiger partial charge is 0.325 e. The number of allylic oxidation sites excluding steroid dienone is 4. The average Bonchev–Trinajstić information content (AvgIpc) is 2.79. The van der Waals surface area contributed by atoms with Crippen molar-refractivity contribution in [3.8, 4) is 0 Å². The van der Waals surface area contributed by atoms with Crippen LogP contribution in [0.15, 0.2) is 24.3 Å². The molecule has 17 heavy (non-hydrogen) atoms. The standard InChI is InChI=1S/C13H19NO3/c1-13(2,10-6-4-5-7-10)8-11(15)14-9-12(16)17-3/h4-7,10H,8-9H2,1-3H3,(H,14,15). The Morgan fingerprint density at radius 1 is 1.29 bits per heavy atom. The molecular weight excluding hydrogens is 218 g/mol. The first-order valence-corrected chi connectivity index (χ1v) is 5.64. The number of nitrogens with one attached hydrogen (secondary N) is 1. The lowest BCUT2D eigenvalue weighted by Gasteiger charge is -2.28. The third-order valence-corrected chi connectivity index (χ3v) is 2.92. The third kappa shape index (κ3) is 4.06. The number of carbonyl (C=O) groups is 2. The van der Waals surface area contributed by atoms with Crippen molar-refractivity contribution >= 4 is 11.9 Å². The maximum atomic E-state index is 11.7. The summed E-state index contributed by atoms with van der Waals surface area (Å²) >= 11 is 0. The van der Waals surface area contributed by atoms with Crippen LogP contribution in [0.5, 0.6) is 0 Å². The van der Waals surface area contributed by atoms with Crippen LogP contribution in [0, 0.1) is 11.3 Å². The van der Waals surface area contributed by atoms with Gasteiger partial charge in [-0.1, -0.05) is 38.2 Å². The van der Waals surface area contributed by atoms with Crippen molar-refractivity contribution in [2.24, 2.45) is 11.3 Å². The van der Waals surface area contributed by atoms with Gasteiger partial charge >= 0.3 is 5.97 Å². The van der Waals surface area contributed by atoms with Crippen LogP contribution in [-0.4, -0.2) is 25.5 Å². The number of ether oxygens (including phenoxy) is 1. The van der Waals surface area contributed by atoms with E-state index in [1.807, 2.05) is 26.0 Å². The second-order valence-corrected chi connectivity index (χ2v) is 4.81. The molecule has 1 rings (SSSR count). The van der Waals surface area contributed by atoms with Crippen molar-refractivity contribution in [1.29, 1.82) is 0 Å². The maximum Gasteiger partial charge on any atom is 0.325 e. The third-order valence-electron chi connectivity index (χ3n) is 2.92. The highest BCUT2D eigenvalue weighted by molar-refractivity contribution is 5.82. The highest BCUT2D eigenvalue weighted by Gasteiger charge is 2.29. The molecule has 1 aliphatic rings. The largest absolute Gasteiger partial charge is 0.468 e. The Morgan fingerprint density at radius 2 is 1.88 bits per heavy atom. The summed E-state index contributed by atoms with van der Waals surface area (Å²) in [6.45, 7) is 4.01. The van der Waals surface area contributed by atoms with Gasteiger partial charge in [-0.2, -0.15) is 0 Å². The molecule has 0 aromatic carbocycles. The van der Waals surface area contributed by atoms with Gasteiger partial charge in [-0.15, -0.1) is 0 Å². The Labute approximate surface area is 102 Å². The fraction of sp³-hybridized carbons (Fsp3) is 0.538. The fourth-order valence-electron chi connectivity index (χ4n) is 1.79. The average molecular weight is 237 g/mol. The number of rotatable bonds is 5. The van der Waals surface area contributed by atoms with E-state index in [4.69, 9.17) is 0 Å².